The number of hydrogen-bond acceptors (Lipinski definition) is 4. The van der Waals surface area contributed by atoms with Crippen LogP contribution >= 0.6 is 0 Å². The molecule has 0 aliphatic heterocycles. The summed E-state index contributed by atoms with van der Waals surface area (Å²) in [4.78, 5) is 16.5. The third kappa shape index (κ3) is 4.53. The Balaban J connectivity index is 1.48. The molecule has 6 nitrogen and oxygen atoms in total. The van der Waals surface area contributed by atoms with E-state index in [2.05, 4.69) is 10.3 Å². The average Bonchev–Trinajstić information content (AvgIpc) is 3.05. The van der Waals surface area contributed by atoms with Gasteiger partial charge in [-0.1, -0.05) is 17.7 Å². The van der Waals surface area contributed by atoms with Gasteiger partial charge in [-0.25, -0.2) is 4.98 Å². The van der Waals surface area contributed by atoms with Gasteiger partial charge in [0.05, 0.1) is 12.3 Å². The van der Waals surface area contributed by atoms with E-state index < -0.39 is 0 Å². The number of aromatic nitrogens is 2. The van der Waals surface area contributed by atoms with Crippen molar-refractivity contribution in [3.63, 3.8) is 0 Å². The zero-order chi connectivity index (χ0) is 18.4. The minimum Gasteiger partial charge on any atom is -0.490 e. The van der Waals surface area contributed by atoms with Gasteiger partial charge in [-0.05, 0) is 38.1 Å². The molecule has 0 spiro atoms. The summed E-state index contributed by atoms with van der Waals surface area (Å²) in [5.41, 5.74) is 2.84. The first kappa shape index (κ1) is 17.8. The molecule has 0 radical (unpaired) electrons. The number of nitrogens with one attached hydrogen (secondary N) is 1. The molecule has 3 aromatic rings. The molecule has 2 heterocycles. The predicted molar refractivity (Wildman–Crippen MR) is 99.7 cm³/mol. The van der Waals surface area contributed by atoms with Crippen LogP contribution in [0.1, 0.15) is 18.2 Å². The van der Waals surface area contributed by atoms with Crippen LogP contribution in [-0.2, 0) is 11.2 Å². The van der Waals surface area contributed by atoms with Crippen LogP contribution in [0.25, 0.3) is 5.65 Å². The minimum atomic E-state index is -0.149. The Kier molecular flexibility index (Phi) is 5.73. The smallest absolute Gasteiger partial charge is 0.257 e. The Hall–Kier alpha value is -3.02. The maximum atomic E-state index is 11.9. The molecular formula is C20H23N3O3. The van der Waals surface area contributed by atoms with Crippen molar-refractivity contribution >= 4 is 11.6 Å². The highest BCUT2D eigenvalue weighted by Crippen LogP contribution is 2.19. The van der Waals surface area contributed by atoms with Crippen molar-refractivity contribution in [1.29, 1.82) is 0 Å². The molecule has 0 saturated carbocycles. The molecule has 1 amide bonds. The lowest BCUT2D eigenvalue weighted by molar-refractivity contribution is -0.123. The Labute approximate surface area is 152 Å². The zero-order valence-electron chi connectivity index (χ0n) is 15.1. The first-order valence-electron chi connectivity index (χ1n) is 8.71. The molecular weight excluding hydrogens is 330 g/mol. The standard InChI is InChI=1S/C20H23N3O3/c1-3-25-18-5-4-12-23-13-16(22-20(18)23)10-11-21-19(24)14-26-17-8-6-15(2)7-9-17/h4-9,12-13H,3,10-11,14H2,1-2H3,(H,21,24). The van der Waals surface area contributed by atoms with Gasteiger partial charge in [0.2, 0.25) is 0 Å². The van der Waals surface area contributed by atoms with Crippen LogP contribution in [0.5, 0.6) is 11.5 Å². The normalized spacial score (nSPS) is 10.7. The van der Waals surface area contributed by atoms with E-state index in [9.17, 15) is 4.79 Å². The number of ether oxygens (including phenoxy) is 2. The van der Waals surface area contributed by atoms with Gasteiger partial charge < -0.3 is 19.2 Å². The molecule has 26 heavy (non-hydrogen) atoms. The van der Waals surface area contributed by atoms with Crippen LogP contribution in [0.2, 0.25) is 0 Å². The van der Waals surface area contributed by atoms with Gasteiger partial charge in [0.1, 0.15) is 5.75 Å². The van der Waals surface area contributed by atoms with E-state index in [-0.39, 0.29) is 12.5 Å². The molecule has 1 N–H and O–H groups in total. The van der Waals surface area contributed by atoms with Crippen molar-refractivity contribution in [2.24, 2.45) is 0 Å². The monoisotopic (exact) mass is 353 g/mol. The van der Waals surface area contributed by atoms with E-state index >= 15 is 0 Å². The number of amides is 1. The lowest BCUT2D eigenvalue weighted by atomic mass is 10.2. The van der Waals surface area contributed by atoms with Gasteiger partial charge in [0.25, 0.3) is 5.91 Å². The van der Waals surface area contributed by atoms with Crippen LogP contribution in [-0.4, -0.2) is 35.1 Å². The van der Waals surface area contributed by atoms with Gasteiger partial charge in [0.15, 0.2) is 18.0 Å². The summed E-state index contributed by atoms with van der Waals surface area (Å²) in [5.74, 6) is 1.30. The van der Waals surface area contributed by atoms with Crippen LogP contribution in [0.4, 0.5) is 0 Å². The summed E-state index contributed by atoms with van der Waals surface area (Å²) < 4.78 is 13.0. The highest BCUT2D eigenvalue weighted by atomic mass is 16.5. The Morgan fingerprint density at radius 3 is 2.77 bits per heavy atom. The summed E-state index contributed by atoms with van der Waals surface area (Å²) in [6.45, 7) is 5.06. The van der Waals surface area contributed by atoms with Gasteiger partial charge in [-0.15, -0.1) is 0 Å². The first-order valence-corrected chi connectivity index (χ1v) is 8.71. The SMILES string of the molecule is CCOc1cccn2cc(CCNC(=O)COc3ccc(C)cc3)nc12. The summed E-state index contributed by atoms with van der Waals surface area (Å²) in [6, 6.07) is 11.4. The van der Waals surface area contributed by atoms with Crippen molar-refractivity contribution in [2.45, 2.75) is 20.3 Å². The summed E-state index contributed by atoms with van der Waals surface area (Å²) in [7, 11) is 0. The van der Waals surface area contributed by atoms with E-state index in [1.165, 1.54) is 0 Å². The van der Waals surface area contributed by atoms with Crippen LogP contribution in [0.15, 0.2) is 48.8 Å². The molecule has 3 rings (SSSR count). The molecule has 0 bridgehead atoms. The number of carbonyl (C=O) groups is 1. The summed E-state index contributed by atoms with van der Waals surface area (Å²) >= 11 is 0. The first-order chi connectivity index (χ1) is 12.7. The number of aryl methyl sites for hydroxylation is 1. The van der Waals surface area contributed by atoms with E-state index in [1.54, 1.807) is 0 Å². The lowest BCUT2D eigenvalue weighted by Gasteiger charge is -2.07. The fraction of sp³-hybridized carbons (Fsp3) is 0.300. The van der Waals surface area contributed by atoms with Crippen LogP contribution < -0.4 is 14.8 Å². The van der Waals surface area contributed by atoms with E-state index in [4.69, 9.17) is 9.47 Å². The van der Waals surface area contributed by atoms with E-state index in [0.29, 0.717) is 25.3 Å². The van der Waals surface area contributed by atoms with E-state index in [1.807, 2.05) is 67.0 Å². The molecule has 6 heteroatoms. The number of fused-ring (bicyclic) bond motifs is 1. The average molecular weight is 353 g/mol. The lowest BCUT2D eigenvalue weighted by Crippen LogP contribution is -2.30. The Bertz CT molecular complexity index is 872. The van der Waals surface area contributed by atoms with Gasteiger partial charge in [0, 0.05) is 25.4 Å². The number of rotatable bonds is 8. The second-order valence-electron chi connectivity index (χ2n) is 5.97. The molecule has 136 valence electrons. The molecule has 0 fully saturated rings. The van der Waals surface area contributed by atoms with Crippen molar-refractivity contribution in [2.75, 3.05) is 19.8 Å². The van der Waals surface area contributed by atoms with Crippen LogP contribution in [0, 0.1) is 6.92 Å². The fourth-order valence-corrected chi connectivity index (χ4v) is 2.59. The zero-order valence-corrected chi connectivity index (χ0v) is 15.1. The number of carbonyl (C=O) groups excluding carboxylic acids is 1. The maximum absolute atomic E-state index is 11.9. The molecule has 0 atom stereocenters. The van der Waals surface area contributed by atoms with Gasteiger partial charge in [-0.3, -0.25) is 4.79 Å². The van der Waals surface area contributed by atoms with Crippen molar-refractivity contribution < 1.29 is 14.3 Å². The molecule has 0 aliphatic rings. The van der Waals surface area contributed by atoms with Gasteiger partial charge in [-0.2, -0.15) is 0 Å². The number of pyridine rings is 1. The molecule has 2 aromatic heterocycles. The summed E-state index contributed by atoms with van der Waals surface area (Å²) in [5, 5.41) is 2.85. The maximum Gasteiger partial charge on any atom is 0.257 e. The molecule has 0 unspecified atom stereocenters. The van der Waals surface area contributed by atoms with Crippen molar-refractivity contribution in [3.05, 3.63) is 60.0 Å². The quantitative estimate of drug-likeness (QED) is 0.676. The van der Waals surface area contributed by atoms with Crippen molar-refractivity contribution in [3.8, 4) is 11.5 Å². The molecule has 0 aliphatic carbocycles. The second kappa shape index (κ2) is 8.38. The molecule has 0 saturated heterocycles. The third-order valence-electron chi connectivity index (χ3n) is 3.89. The van der Waals surface area contributed by atoms with Gasteiger partial charge >= 0.3 is 0 Å². The van der Waals surface area contributed by atoms with Crippen LogP contribution in [0.3, 0.4) is 0 Å². The second-order valence-corrected chi connectivity index (χ2v) is 5.97. The highest BCUT2D eigenvalue weighted by Gasteiger charge is 2.08. The largest absolute Gasteiger partial charge is 0.490 e. The predicted octanol–water partition coefficient (Wildman–Crippen LogP) is 2.78. The number of benzene rings is 1. The third-order valence-corrected chi connectivity index (χ3v) is 3.89. The van der Waals surface area contributed by atoms with E-state index in [0.717, 1.165) is 22.7 Å². The Morgan fingerprint density at radius 2 is 2.00 bits per heavy atom. The Morgan fingerprint density at radius 1 is 1.19 bits per heavy atom. The minimum absolute atomic E-state index is 0.00269. The summed E-state index contributed by atoms with van der Waals surface area (Å²) in [6.07, 6.45) is 4.53. The fourth-order valence-electron chi connectivity index (χ4n) is 2.59. The molecule has 1 aromatic carbocycles. The number of nitrogens with zero attached hydrogens (tertiary/aromatic N) is 2. The van der Waals surface area contributed by atoms with Crippen molar-refractivity contribution in [1.82, 2.24) is 14.7 Å². The number of hydrogen-bond donors (Lipinski definition) is 1. The topological polar surface area (TPSA) is 64.9 Å². The highest BCUT2D eigenvalue weighted by molar-refractivity contribution is 5.77. The number of imidazole rings is 1.